The first-order valence-electron chi connectivity index (χ1n) is 5.22. The molecule has 0 aromatic heterocycles. The summed E-state index contributed by atoms with van der Waals surface area (Å²) in [6.07, 6.45) is 4.27. The van der Waals surface area contributed by atoms with Gasteiger partial charge in [-0.2, -0.15) is 5.26 Å². The molecule has 0 bridgehead atoms. The molecule has 0 atom stereocenters. The van der Waals surface area contributed by atoms with Crippen LogP contribution in [0.5, 0.6) is 0 Å². The molecule has 0 N–H and O–H groups in total. The number of methoxy groups -OCH3 is 1. The van der Waals surface area contributed by atoms with E-state index in [2.05, 4.69) is 6.07 Å². The Hall–Kier alpha value is -0.590. The molecule has 80 valence electrons. The molecule has 1 rings (SSSR count). The molecular formula is C11H19NO2. The highest BCUT2D eigenvalue weighted by Gasteiger charge is 2.31. The molecule has 0 unspecified atom stereocenters. The maximum atomic E-state index is 8.94. The summed E-state index contributed by atoms with van der Waals surface area (Å²) in [6.45, 7) is 3.37. The van der Waals surface area contributed by atoms with Crippen molar-refractivity contribution in [3.63, 3.8) is 0 Å². The SMILES string of the molecule is COCCOC1CCC(C)(C#N)CC1. The number of ether oxygens (including phenoxy) is 2. The minimum atomic E-state index is -0.110. The lowest BCUT2D eigenvalue weighted by Gasteiger charge is -2.31. The third-order valence-corrected chi connectivity index (χ3v) is 2.95. The van der Waals surface area contributed by atoms with Crippen LogP contribution in [0.3, 0.4) is 0 Å². The van der Waals surface area contributed by atoms with E-state index in [1.54, 1.807) is 7.11 Å². The van der Waals surface area contributed by atoms with E-state index in [1.807, 2.05) is 6.92 Å². The highest BCUT2D eigenvalue weighted by atomic mass is 16.5. The standard InChI is InChI=1S/C11H19NO2/c1-11(9-12)5-3-10(4-6-11)14-8-7-13-2/h10H,3-8H2,1-2H3. The van der Waals surface area contributed by atoms with Crippen LogP contribution in [0.25, 0.3) is 0 Å². The molecule has 1 aliphatic rings. The lowest BCUT2D eigenvalue weighted by atomic mass is 9.76. The van der Waals surface area contributed by atoms with E-state index in [4.69, 9.17) is 14.7 Å². The first kappa shape index (κ1) is 11.5. The molecule has 0 spiro atoms. The Labute approximate surface area is 86.0 Å². The number of hydrogen-bond acceptors (Lipinski definition) is 3. The summed E-state index contributed by atoms with van der Waals surface area (Å²) >= 11 is 0. The maximum Gasteiger partial charge on any atom is 0.0704 e. The van der Waals surface area contributed by atoms with Crippen molar-refractivity contribution in [1.82, 2.24) is 0 Å². The lowest BCUT2D eigenvalue weighted by molar-refractivity contribution is -0.0127. The summed E-state index contributed by atoms with van der Waals surface area (Å²) in [6, 6.07) is 2.39. The third-order valence-electron chi connectivity index (χ3n) is 2.95. The Kier molecular flexibility index (Phi) is 4.37. The smallest absolute Gasteiger partial charge is 0.0704 e. The largest absolute Gasteiger partial charge is 0.382 e. The molecule has 0 heterocycles. The Bertz CT molecular complexity index is 202. The third kappa shape index (κ3) is 3.28. The molecule has 1 fully saturated rings. The second-order valence-corrected chi connectivity index (χ2v) is 4.24. The zero-order valence-corrected chi connectivity index (χ0v) is 9.08. The predicted molar refractivity (Wildman–Crippen MR) is 53.8 cm³/mol. The molecule has 1 aliphatic carbocycles. The van der Waals surface area contributed by atoms with Crippen molar-refractivity contribution in [2.45, 2.75) is 38.7 Å². The van der Waals surface area contributed by atoms with E-state index in [-0.39, 0.29) is 5.41 Å². The van der Waals surface area contributed by atoms with Crippen molar-refractivity contribution in [3.05, 3.63) is 0 Å². The van der Waals surface area contributed by atoms with E-state index in [0.717, 1.165) is 25.7 Å². The van der Waals surface area contributed by atoms with Gasteiger partial charge in [-0.05, 0) is 32.6 Å². The summed E-state index contributed by atoms with van der Waals surface area (Å²) in [5.41, 5.74) is -0.110. The molecule has 0 aromatic rings. The van der Waals surface area contributed by atoms with Gasteiger partial charge in [0.05, 0.1) is 30.8 Å². The summed E-state index contributed by atoms with van der Waals surface area (Å²) in [4.78, 5) is 0. The summed E-state index contributed by atoms with van der Waals surface area (Å²) in [5, 5.41) is 8.94. The fraction of sp³-hybridized carbons (Fsp3) is 0.909. The molecule has 0 radical (unpaired) electrons. The van der Waals surface area contributed by atoms with Crippen molar-refractivity contribution in [3.8, 4) is 6.07 Å². The fourth-order valence-electron chi connectivity index (χ4n) is 1.81. The van der Waals surface area contributed by atoms with Gasteiger partial charge in [-0.3, -0.25) is 0 Å². The first-order chi connectivity index (χ1) is 6.70. The van der Waals surface area contributed by atoms with Crippen LogP contribution < -0.4 is 0 Å². The number of rotatable bonds is 4. The second-order valence-electron chi connectivity index (χ2n) is 4.24. The number of hydrogen-bond donors (Lipinski definition) is 0. The highest BCUT2D eigenvalue weighted by molar-refractivity contribution is 4.98. The van der Waals surface area contributed by atoms with E-state index in [1.165, 1.54) is 0 Å². The van der Waals surface area contributed by atoms with Gasteiger partial charge in [-0.1, -0.05) is 0 Å². The van der Waals surface area contributed by atoms with E-state index in [0.29, 0.717) is 19.3 Å². The topological polar surface area (TPSA) is 42.2 Å². The molecular weight excluding hydrogens is 178 g/mol. The molecule has 0 aromatic carbocycles. The molecule has 3 heteroatoms. The molecule has 14 heavy (non-hydrogen) atoms. The van der Waals surface area contributed by atoms with Crippen LogP contribution in [0.4, 0.5) is 0 Å². The van der Waals surface area contributed by atoms with Crippen LogP contribution in [0.15, 0.2) is 0 Å². The summed E-state index contributed by atoms with van der Waals surface area (Å²) in [5.74, 6) is 0. The summed E-state index contributed by atoms with van der Waals surface area (Å²) < 4.78 is 10.5. The predicted octanol–water partition coefficient (Wildman–Crippen LogP) is 2.12. The average molecular weight is 197 g/mol. The van der Waals surface area contributed by atoms with Gasteiger partial charge in [0.2, 0.25) is 0 Å². The van der Waals surface area contributed by atoms with Crippen molar-refractivity contribution < 1.29 is 9.47 Å². The van der Waals surface area contributed by atoms with Crippen LogP contribution in [0, 0.1) is 16.7 Å². The van der Waals surface area contributed by atoms with Gasteiger partial charge in [0.15, 0.2) is 0 Å². The molecule has 0 saturated heterocycles. The van der Waals surface area contributed by atoms with E-state index >= 15 is 0 Å². The monoisotopic (exact) mass is 197 g/mol. The van der Waals surface area contributed by atoms with Gasteiger partial charge in [0, 0.05) is 7.11 Å². The van der Waals surface area contributed by atoms with Crippen LogP contribution in [-0.4, -0.2) is 26.4 Å². The Morgan fingerprint density at radius 3 is 2.50 bits per heavy atom. The van der Waals surface area contributed by atoms with Crippen molar-refractivity contribution in [1.29, 1.82) is 5.26 Å². The Balaban J connectivity index is 2.20. The van der Waals surface area contributed by atoms with Gasteiger partial charge in [0.1, 0.15) is 0 Å². The lowest BCUT2D eigenvalue weighted by Crippen LogP contribution is -2.28. The molecule has 1 saturated carbocycles. The normalized spacial score (nSPS) is 32.5. The van der Waals surface area contributed by atoms with Crippen LogP contribution in [0.2, 0.25) is 0 Å². The first-order valence-corrected chi connectivity index (χ1v) is 5.22. The molecule has 0 amide bonds. The zero-order chi connectivity index (χ0) is 10.4. The number of nitriles is 1. The Morgan fingerprint density at radius 2 is 2.00 bits per heavy atom. The van der Waals surface area contributed by atoms with Crippen molar-refractivity contribution in [2.75, 3.05) is 20.3 Å². The van der Waals surface area contributed by atoms with Crippen molar-refractivity contribution >= 4 is 0 Å². The summed E-state index contributed by atoms with van der Waals surface area (Å²) in [7, 11) is 1.68. The zero-order valence-electron chi connectivity index (χ0n) is 9.08. The quantitative estimate of drug-likeness (QED) is 0.648. The van der Waals surface area contributed by atoms with E-state index in [9.17, 15) is 0 Å². The number of nitrogens with zero attached hydrogens (tertiary/aromatic N) is 1. The minimum absolute atomic E-state index is 0.110. The minimum Gasteiger partial charge on any atom is -0.382 e. The van der Waals surface area contributed by atoms with Gasteiger partial charge in [-0.15, -0.1) is 0 Å². The van der Waals surface area contributed by atoms with Gasteiger partial charge in [-0.25, -0.2) is 0 Å². The molecule has 3 nitrogen and oxygen atoms in total. The van der Waals surface area contributed by atoms with Crippen molar-refractivity contribution in [2.24, 2.45) is 5.41 Å². The average Bonchev–Trinajstić information content (AvgIpc) is 2.22. The van der Waals surface area contributed by atoms with Crippen LogP contribution in [0.1, 0.15) is 32.6 Å². The van der Waals surface area contributed by atoms with Gasteiger partial charge < -0.3 is 9.47 Å². The maximum absolute atomic E-state index is 8.94. The van der Waals surface area contributed by atoms with Gasteiger partial charge >= 0.3 is 0 Å². The van der Waals surface area contributed by atoms with Gasteiger partial charge in [0.25, 0.3) is 0 Å². The van der Waals surface area contributed by atoms with Crippen LogP contribution >= 0.6 is 0 Å². The fourth-order valence-corrected chi connectivity index (χ4v) is 1.81. The second kappa shape index (κ2) is 5.33. The van der Waals surface area contributed by atoms with Crippen LogP contribution in [-0.2, 0) is 9.47 Å². The Morgan fingerprint density at radius 1 is 1.36 bits per heavy atom. The highest BCUT2D eigenvalue weighted by Crippen LogP contribution is 2.35. The van der Waals surface area contributed by atoms with E-state index < -0.39 is 0 Å². The molecule has 0 aliphatic heterocycles.